The van der Waals surface area contributed by atoms with Crippen molar-refractivity contribution in [1.82, 2.24) is 10.2 Å². The molecule has 2 heterocycles. The zero-order valence-electron chi connectivity index (χ0n) is 8.39. The van der Waals surface area contributed by atoms with Crippen LogP contribution in [0.3, 0.4) is 0 Å². The lowest BCUT2D eigenvalue weighted by atomic mass is 10.0. The van der Waals surface area contributed by atoms with Crippen molar-refractivity contribution >= 4 is 5.97 Å². The maximum Gasteiger partial charge on any atom is 0.257 e. The molecule has 0 radical (unpaired) electrons. The number of nitrogens with zero attached hydrogens (tertiary/aromatic N) is 2. The minimum absolute atomic E-state index is 0.117. The Labute approximate surface area is 89.8 Å². The van der Waals surface area contributed by atoms with E-state index in [0.717, 1.165) is 4.90 Å². The van der Waals surface area contributed by atoms with E-state index in [1.165, 1.54) is 0 Å². The van der Waals surface area contributed by atoms with E-state index in [1.54, 1.807) is 0 Å². The van der Waals surface area contributed by atoms with Crippen LogP contribution >= 0.6 is 0 Å². The van der Waals surface area contributed by atoms with E-state index in [-0.39, 0.29) is 13.1 Å². The first-order valence-electron chi connectivity index (χ1n) is 4.95. The number of nitrogens with one attached hydrogen (secondary N) is 1. The molecule has 0 aromatic rings. The molecule has 0 aromatic carbocycles. The van der Waals surface area contributed by atoms with Crippen LogP contribution in [0.2, 0.25) is 0 Å². The van der Waals surface area contributed by atoms with E-state index in [9.17, 15) is 17.6 Å². The molecule has 2 aliphatic heterocycles. The second kappa shape index (κ2) is 4.14. The molecule has 2 atom stereocenters. The fourth-order valence-electron chi connectivity index (χ4n) is 1.85. The van der Waals surface area contributed by atoms with Crippen molar-refractivity contribution < 1.29 is 17.6 Å². The fourth-order valence-corrected chi connectivity index (χ4v) is 1.85. The summed E-state index contributed by atoms with van der Waals surface area (Å²) in [7, 11) is 0. The third-order valence-corrected chi connectivity index (χ3v) is 2.76. The number of aliphatic imine (C=N–C) groups is 1. The molecule has 0 aliphatic carbocycles. The Kier molecular flexibility index (Phi) is 2.98. The smallest absolute Gasteiger partial charge is 0.257 e. The Morgan fingerprint density at radius 2 is 2.00 bits per heavy atom. The van der Waals surface area contributed by atoms with Crippen molar-refractivity contribution in [2.75, 3.05) is 26.2 Å². The average Bonchev–Trinajstić information content (AvgIpc) is 2.33. The van der Waals surface area contributed by atoms with Crippen LogP contribution in [0.4, 0.5) is 17.6 Å². The minimum Gasteiger partial charge on any atom is -0.314 e. The van der Waals surface area contributed by atoms with Crippen molar-refractivity contribution in [3.63, 3.8) is 0 Å². The lowest BCUT2D eigenvalue weighted by Gasteiger charge is -2.40. The molecule has 0 saturated carbocycles. The first-order chi connectivity index (χ1) is 7.56. The fraction of sp³-hybridized carbons (Fsp3) is 0.667. The van der Waals surface area contributed by atoms with Crippen LogP contribution < -0.4 is 5.32 Å². The third kappa shape index (κ3) is 1.63. The monoisotopic (exact) mass is 237 g/mol. The Morgan fingerprint density at radius 1 is 1.38 bits per heavy atom. The van der Waals surface area contributed by atoms with Gasteiger partial charge >= 0.3 is 0 Å². The second-order valence-corrected chi connectivity index (χ2v) is 3.70. The predicted octanol–water partition coefficient (Wildman–Crippen LogP) is 1.09. The average molecular weight is 237 g/mol. The summed E-state index contributed by atoms with van der Waals surface area (Å²) in [5.74, 6) is -5.96. The number of hydrogen-bond donors (Lipinski definition) is 1. The zero-order valence-corrected chi connectivity index (χ0v) is 8.39. The van der Waals surface area contributed by atoms with Crippen LogP contribution in [0.25, 0.3) is 0 Å². The van der Waals surface area contributed by atoms with Crippen LogP contribution in [-0.4, -0.2) is 49.0 Å². The highest BCUT2D eigenvalue weighted by atomic mass is 19.2. The van der Waals surface area contributed by atoms with Gasteiger partial charge in [-0.3, -0.25) is 4.90 Å². The number of piperazine rings is 1. The Bertz CT molecular complexity index is 338. The predicted molar refractivity (Wildman–Crippen MR) is 50.9 cm³/mol. The van der Waals surface area contributed by atoms with Gasteiger partial charge in [0.15, 0.2) is 5.83 Å². The van der Waals surface area contributed by atoms with E-state index in [2.05, 4.69) is 10.3 Å². The lowest BCUT2D eigenvalue weighted by molar-refractivity contribution is -0.0666. The maximum absolute atomic E-state index is 14.3. The van der Waals surface area contributed by atoms with E-state index in [4.69, 9.17) is 0 Å². The topological polar surface area (TPSA) is 27.6 Å². The van der Waals surface area contributed by atoms with Crippen LogP contribution in [0, 0.1) is 0 Å². The van der Waals surface area contributed by atoms with Gasteiger partial charge in [0.05, 0.1) is 6.20 Å². The van der Waals surface area contributed by atoms with Gasteiger partial charge in [0.25, 0.3) is 5.79 Å². The summed E-state index contributed by atoms with van der Waals surface area (Å²) in [5, 5.41) is 2.92. The number of alkyl halides is 2. The highest BCUT2D eigenvalue weighted by Gasteiger charge is 2.54. The van der Waals surface area contributed by atoms with Gasteiger partial charge < -0.3 is 5.32 Å². The summed E-state index contributed by atoms with van der Waals surface area (Å²) >= 11 is 0. The zero-order chi connectivity index (χ0) is 11.8. The molecule has 0 amide bonds. The summed E-state index contributed by atoms with van der Waals surface area (Å²) in [6.07, 6.45) is -2.30. The Balaban J connectivity index is 2.28. The van der Waals surface area contributed by atoms with Crippen molar-refractivity contribution in [3.8, 4) is 0 Å². The molecule has 16 heavy (non-hydrogen) atoms. The molecule has 0 bridgehead atoms. The van der Waals surface area contributed by atoms with E-state index < -0.39 is 23.8 Å². The van der Waals surface area contributed by atoms with Gasteiger partial charge in [0.1, 0.15) is 0 Å². The minimum atomic E-state index is -3.05. The summed E-state index contributed by atoms with van der Waals surface area (Å²) in [5.41, 5.74) is 0. The quantitative estimate of drug-likeness (QED) is 0.546. The molecule has 3 nitrogen and oxygen atoms in total. The SMILES string of the molecule is FC1=CN=C(F)C(F)C1(F)N1CCNCC1. The van der Waals surface area contributed by atoms with Crippen molar-refractivity contribution in [2.24, 2.45) is 4.99 Å². The van der Waals surface area contributed by atoms with Gasteiger partial charge in [0, 0.05) is 26.2 Å². The number of hydrogen-bond acceptors (Lipinski definition) is 3. The Morgan fingerprint density at radius 3 is 2.62 bits per heavy atom. The molecule has 2 rings (SSSR count). The molecular formula is C9H11F4N3. The molecule has 90 valence electrons. The van der Waals surface area contributed by atoms with Crippen LogP contribution in [0.15, 0.2) is 17.0 Å². The summed E-state index contributed by atoms with van der Waals surface area (Å²) in [6.45, 7) is 1.05. The molecule has 1 fully saturated rings. The highest BCUT2D eigenvalue weighted by Crippen LogP contribution is 2.37. The highest BCUT2D eigenvalue weighted by molar-refractivity contribution is 5.83. The number of halogens is 4. The summed E-state index contributed by atoms with van der Waals surface area (Å²) in [4.78, 5) is 3.79. The van der Waals surface area contributed by atoms with Crippen molar-refractivity contribution in [3.05, 3.63) is 12.0 Å². The van der Waals surface area contributed by atoms with Crippen LogP contribution in [0.1, 0.15) is 0 Å². The van der Waals surface area contributed by atoms with Gasteiger partial charge in [-0.1, -0.05) is 0 Å². The van der Waals surface area contributed by atoms with Crippen LogP contribution in [0.5, 0.6) is 0 Å². The van der Waals surface area contributed by atoms with Crippen LogP contribution in [-0.2, 0) is 0 Å². The molecule has 1 saturated heterocycles. The van der Waals surface area contributed by atoms with E-state index in [1.807, 2.05) is 0 Å². The normalized spacial score (nSPS) is 36.9. The summed E-state index contributed by atoms with van der Waals surface area (Å²) in [6, 6.07) is 0. The Hall–Kier alpha value is -0.950. The molecular weight excluding hydrogens is 226 g/mol. The second-order valence-electron chi connectivity index (χ2n) is 3.70. The van der Waals surface area contributed by atoms with E-state index >= 15 is 0 Å². The molecule has 2 aliphatic rings. The number of rotatable bonds is 1. The van der Waals surface area contributed by atoms with Gasteiger partial charge in [-0.2, -0.15) is 4.39 Å². The van der Waals surface area contributed by atoms with Gasteiger partial charge in [-0.25, -0.2) is 18.2 Å². The van der Waals surface area contributed by atoms with Crippen molar-refractivity contribution in [2.45, 2.75) is 12.0 Å². The molecule has 1 N–H and O–H groups in total. The molecule has 0 spiro atoms. The van der Waals surface area contributed by atoms with Crippen molar-refractivity contribution in [1.29, 1.82) is 0 Å². The molecule has 0 aromatic heterocycles. The standard InChI is InChI=1S/C9H11F4N3/c10-6-5-15-8(12)7(11)9(6,13)16-3-1-14-2-4-16/h5,7,14H,1-4H2. The van der Waals surface area contributed by atoms with Gasteiger partial charge in [0.2, 0.25) is 12.1 Å². The first kappa shape index (κ1) is 11.5. The molecule has 7 heteroatoms. The lowest BCUT2D eigenvalue weighted by Crippen LogP contribution is -2.60. The van der Waals surface area contributed by atoms with Gasteiger partial charge in [-0.15, -0.1) is 0 Å². The first-order valence-corrected chi connectivity index (χ1v) is 4.95. The van der Waals surface area contributed by atoms with E-state index in [0.29, 0.717) is 19.3 Å². The third-order valence-electron chi connectivity index (χ3n) is 2.76. The molecule has 2 unspecified atom stereocenters. The van der Waals surface area contributed by atoms with Gasteiger partial charge in [-0.05, 0) is 0 Å². The summed E-state index contributed by atoms with van der Waals surface area (Å²) < 4.78 is 53.9. The largest absolute Gasteiger partial charge is 0.314 e. The maximum atomic E-state index is 14.3.